The average Bonchev–Trinajstić information content (AvgIpc) is 3.10. The van der Waals surface area contributed by atoms with Crippen LogP contribution >= 0.6 is 0 Å². The Hall–Kier alpha value is -1.49. The smallest absolute Gasteiger partial charge is 0.245 e. The monoisotopic (exact) mass is 349 g/mol. The molecule has 0 radical (unpaired) electrons. The first-order valence-electron chi connectivity index (χ1n) is 8.42. The third-order valence-electron chi connectivity index (χ3n) is 5.62. The van der Waals surface area contributed by atoms with Gasteiger partial charge in [0.2, 0.25) is 10.0 Å². The zero-order chi connectivity index (χ0) is 17.4. The van der Waals surface area contributed by atoms with Gasteiger partial charge in [0.05, 0.1) is 6.10 Å². The van der Waals surface area contributed by atoms with Gasteiger partial charge in [-0.3, -0.25) is 0 Å². The van der Waals surface area contributed by atoms with E-state index < -0.39 is 10.0 Å². The number of sulfonamides is 1. The fraction of sp³-hybridized carbons (Fsp3) is 0.647. The van der Waals surface area contributed by atoms with Gasteiger partial charge in [-0.05, 0) is 38.3 Å². The molecular formula is C17H23N3O3S. The topological polar surface area (TPSA) is 83.3 Å². The number of pyridine rings is 1. The lowest BCUT2D eigenvalue weighted by Crippen LogP contribution is -2.63. The molecule has 24 heavy (non-hydrogen) atoms. The molecule has 2 aliphatic rings. The maximum Gasteiger partial charge on any atom is 0.245 e. The van der Waals surface area contributed by atoms with Crippen LogP contribution in [0, 0.1) is 16.7 Å². The van der Waals surface area contributed by atoms with Crippen LogP contribution in [0.25, 0.3) is 0 Å². The van der Waals surface area contributed by atoms with Crippen molar-refractivity contribution in [3.63, 3.8) is 0 Å². The van der Waals surface area contributed by atoms with Gasteiger partial charge in [-0.25, -0.2) is 13.4 Å². The second-order valence-corrected chi connectivity index (χ2v) is 8.58. The van der Waals surface area contributed by atoms with Crippen LogP contribution in [0.5, 0.6) is 0 Å². The summed E-state index contributed by atoms with van der Waals surface area (Å²) in [6.07, 6.45) is 6.52. The molecule has 2 saturated carbocycles. The number of ether oxygens (including phenoxy) is 1. The lowest BCUT2D eigenvalue weighted by Gasteiger charge is -2.56. The predicted molar refractivity (Wildman–Crippen MR) is 88.6 cm³/mol. The van der Waals surface area contributed by atoms with Crippen molar-refractivity contribution < 1.29 is 13.2 Å². The Balaban J connectivity index is 1.91. The van der Waals surface area contributed by atoms with E-state index in [9.17, 15) is 13.7 Å². The summed E-state index contributed by atoms with van der Waals surface area (Å²) in [6, 6.07) is 4.81. The molecule has 0 unspecified atom stereocenters. The summed E-state index contributed by atoms with van der Waals surface area (Å²) in [7, 11) is -2.13. The van der Waals surface area contributed by atoms with Gasteiger partial charge >= 0.3 is 0 Å². The first-order chi connectivity index (χ1) is 11.5. The lowest BCUT2D eigenvalue weighted by molar-refractivity contribution is -0.145. The molecule has 0 bridgehead atoms. The quantitative estimate of drug-likeness (QED) is 0.814. The number of rotatable bonds is 5. The van der Waals surface area contributed by atoms with Crippen molar-refractivity contribution in [2.75, 3.05) is 13.7 Å². The van der Waals surface area contributed by atoms with E-state index in [2.05, 4.69) is 4.98 Å². The second-order valence-electron chi connectivity index (χ2n) is 6.62. The number of hydrogen-bond acceptors (Lipinski definition) is 5. The second kappa shape index (κ2) is 6.43. The highest BCUT2D eigenvalue weighted by molar-refractivity contribution is 7.89. The minimum Gasteiger partial charge on any atom is -0.378 e. The molecule has 1 heterocycles. The van der Waals surface area contributed by atoms with Gasteiger partial charge in [-0.1, -0.05) is 12.8 Å². The van der Waals surface area contributed by atoms with Crippen molar-refractivity contribution in [2.45, 2.75) is 56.1 Å². The van der Waals surface area contributed by atoms with Gasteiger partial charge in [0, 0.05) is 31.3 Å². The maximum atomic E-state index is 13.0. The predicted octanol–water partition coefficient (Wildman–Crippen LogP) is 2.31. The molecule has 2 atom stereocenters. The van der Waals surface area contributed by atoms with Crippen LogP contribution in [0.2, 0.25) is 0 Å². The molecule has 2 aliphatic carbocycles. The van der Waals surface area contributed by atoms with Crippen molar-refractivity contribution in [1.82, 2.24) is 9.29 Å². The summed E-state index contributed by atoms with van der Waals surface area (Å²) in [5, 5.41) is 9.17. The summed E-state index contributed by atoms with van der Waals surface area (Å²) in [6.45, 7) is 2.63. The fourth-order valence-electron chi connectivity index (χ4n) is 4.37. The number of hydrogen-bond donors (Lipinski definition) is 0. The number of nitriles is 1. The molecule has 0 aromatic carbocycles. The van der Waals surface area contributed by atoms with E-state index in [-0.39, 0.29) is 28.2 Å². The molecule has 3 rings (SSSR count). The Kier molecular flexibility index (Phi) is 4.65. The van der Waals surface area contributed by atoms with E-state index in [1.165, 1.54) is 16.6 Å². The van der Waals surface area contributed by atoms with Crippen LogP contribution in [0.4, 0.5) is 0 Å². The van der Waals surface area contributed by atoms with Crippen molar-refractivity contribution in [2.24, 2.45) is 5.41 Å². The Morgan fingerprint density at radius 3 is 2.79 bits per heavy atom. The maximum absolute atomic E-state index is 13.0. The van der Waals surface area contributed by atoms with E-state index in [1.54, 1.807) is 13.1 Å². The van der Waals surface area contributed by atoms with E-state index in [4.69, 9.17) is 4.74 Å². The molecule has 1 spiro atoms. The summed E-state index contributed by atoms with van der Waals surface area (Å²) < 4.78 is 33.4. The molecule has 0 N–H and O–H groups in total. The number of nitrogens with zero attached hydrogens (tertiary/aromatic N) is 3. The average molecular weight is 349 g/mol. The van der Waals surface area contributed by atoms with Gasteiger partial charge in [0.25, 0.3) is 0 Å². The molecule has 0 saturated heterocycles. The minimum atomic E-state index is -3.75. The van der Waals surface area contributed by atoms with Gasteiger partial charge in [-0.2, -0.15) is 9.57 Å². The third-order valence-corrected chi connectivity index (χ3v) is 7.52. The first kappa shape index (κ1) is 17.3. The van der Waals surface area contributed by atoms with E-state index in [0.717, 1.165) is 25.7 Å². The van der Waals surface area contributed by atoms with Crippen molar-refractivity contribution in [1.29, 1.82) is 5.26 Å². The third kappa shape index (κ3) is 2.53. The molecule has 1 aromatic heterocycles. The highest BCUT2D eigenvalue weighted by Crippen LogP contribution is 2.57. The van der Waals surface area contributed by atoms with E-state index in [0.29, 0.717) is 13.0 Å². The summed E-state index contributed by atoms with van der Waals surface area (Å²) in [5.41, 5.74) is -0.127. The SMILES string of the molecule is CCO[C@H]1C[C@@H](N(C)S(=O)(=O)c2cccnc2C#N)C12CCCC2. The van der Waals surface area contributed by atoms with Crippen LogP contribution in [-0.4, -0.2) is 43.5 Å². The van der Waals surface area contributed by atoms with Crippen LogP contribution in [0.3, 0.4) is 0 Å². The van der Waals surface area contributed by atoms with Crippen LogP contribution in [0.15, 0.2) is 23.2 Å². The number of aromatic nitrogens is 1. The molecule has 6 nitrogen and oxygen atoms in total. The van der Waals surface area contributed by atoms with Crippen molar-refractivity contribution >= 4 is 10.0 Å². The molecule has 130 valence electrons. The van der Waals surface area contributed by atoms with Gasteiger partial charge in [0.1, 0.15) is 11.0 Å². The Morgan fingerprint density at radius 1 is 1.46 bits per heavy atom. The van der Waals surface area contributed by atoms with Crippen LogP contribution < -0.4 is 0 Å². The minimum absolute atomic E-state index is 0.0111. The largest absolute Gasteiger partial charge is 0.378 e. The molecule has 0 aliphatic heterocycles. The zero-order valence-electron chi connectivity index (χ0n) is 14.1. The molecule has 0 amide bonds. The summed E-state index contributed by atoms with van der Waals surface area (Å²) in [4.78, 5) is 3.88. The molecule has 1 aromatic rings. The highest BCUT2D eigenvalue weighted by atomic mass is 32.2. The first-order valence-corrected chi connectivity index (χ1v) is 9.86. The fourth-order valence-corrected chi connectivity index (χ4v) is 5.90. The molecular weight excluding hydrogens is 326 g/mol. The van der Waals surface area contributed by atoms with E-state index >= 15 is 0 Å². The van der Waals surface area contributed by atoms with Gasteiger partial charge in [0.15, 0.2) is 5.69 Å². The standard InChI is InChI=1S/C17H23N3O3S/c1-3-23-16-11-15(17(16)8-4-5-9-17)20(2)24(21,22)14-7-6-10-19-13(14)12-18/h6-7,10,15-16H,3-5,8-9,11H2,1-2H3/t15-,16+/m1/s1. The van der Waals surface area contributed by atoms with Crippen molar-refractivity contribution in [3.05, 3.63) is 24.0 Å². The highest BCUT2D eigenvalue weighted by Gasteiger charge is 2.59. The normalized spacial score (nSPS) is 25.6. The Labute approximate surface area is 143 Å². The lowest BCUT2D eigenvalue weighted by atomic mass is 9.60. The van der Waals surface area contributed by atoms with Gasteiger partial charge < -0.3 is 4.74 Å². The van der Waals surface area contributed by atoms with Crippen LogP contribution in [0.1, 0.15) is 44.7 Å². The van der Waals surface area contributed by atoms with Crippen LogP contribution in [-0.2, 0) is 14.8 Å². The Bertz CT molecular complexity index is 751. The van der Waals surface area contributed by atoms with Gasteiger partial charge in [-0.15, -0.1) is 0 Å². The van der Waals surface area contributed by atoms with E-state index in [1.807, 2.05) is 13.0 Å². The molecule has 2 fully saturated rings. The Morgan fingerprint density at radius 2 is 2.17 bits per heavy atom. The summed E-state index contributed by atoms with van der Waals surface area (Å²) in [5.74, 6) is 0. The molecule has 7 heteroatoms. The van der Waals surface area contributed by atoms with Crippen molar-refractivity contribution in [3.8, 4) is 6.07 Å². The zero-order valence-corrected chi connectivity index (χ0v) is 14.9. The summed E-state index contributed by atoms with van der Waals surface area (Å²) >= 11 is 0.